The lowest BCUT2D eigenvalue weighted by atomic mass is 10.1. The van der Waals surface area contributed by atoms with E-state index in [1.807, 2.05) is 74.5 Å². The Kier molecular flexibility index (Phi) is 7.76. The highest BCUT2D eigenvalue weighted by atomic mass is 32.2. The van der Waals surface area contributed by atoms with Crippen LogP contribution in [0.2, 0.25) is 0 Å². The molecule has 3 aromatic rings. The molecule has 152 valence electrons. The summed E-state index contributed by atoms with van der Waals surface area (Å²) in [5.74, 6) is 0.226. The molecule has 0 aliphatic rings. The van der Waals surface area contributed by atoms with Crippen molar-refractivity contribution in [3.63, 3.8) is 0 Å². The number of aryl methyl sites for hydroxylation is 1. The second-order valence-corrected chi connectivity index (χ2v) is 9.01. The predicted octanol–water partition coefficient (Wildman–Crippen LogP) is 4.55. The van der Waals surface area contributed by atoms with E-state index in [2.05, 4.69) is 29.2 Å². The smallest absolute Gasteiger partial charge is 0.0811 e. The molecule has 0 saturated carbocycles. The van der Waals surface area contributed by atoms with Gasteiger partial charge in [0.05, 0.1) is 22.7 Å². The molecule has 0 aliphatic heterocycles. The van der Waals surface area contributed by atoms with E-state index >= 15 is 0 Å². The highest BCUT2D eigenvalue weighted by Crippen LogP contribution is 2.18. The maximum Gasteiger partial charge on any atom is 0.0811 e. The van der Waals surface area contributed by atoms with Crippen molar-refractivity contribution in [2.45, 2.75) is 44.0 Å². The third-order valence-electron chi connectivity index (χ3n) is 5.20. The number of rotatable bonds is 9. The number of hydrogen-bond acceptors (Lipinski definition) is 3. The Bertz CT molecular complexity index is 856. The quantitative estimate of drug-likeness (QED) is 0.565. The summed E-state index contributed by atoms with van der Waals surface area (Å²) in [6, 6.07) is 28.1. The Hall–Kier alpha value is -2.27. The van der Waals surface area contributed by atoms with Crippen LogP contribution in [0.5, 0.6) is 0 Å². The van der Waals surface area contributed by atoms with E-state index < -0.39 is 16.9 Å². The van der Waals surface area contributed by atoms with Crippen molar-refractivity contribution in [1.82, 2.24) is 4.90 Å². The number of aliphatic hydroxyl groups excluding tert-OH is 1. The number of benzene rings is 3. The van der Waals surface area contributed by atoms with Crippen LogP contribution in [0, 0.1) is 6.92 Å². The van der Waals surface area contributed by atoms with Crippen molar-refractivity contribution in [2.24, 2.45) is 0 Å². The van der Waals surface area contributed by atoms with Crippen LogP contribution >= 0.6 is 0 Å². The largest absolute Gasteiger partial charge is 0.391 e. The van der Waals surface area contributed by atoms with Crippen LogP contribution in [0.1, 0.15) is 23.6 Å². The first-order valence-electron chi connectivity index (χ1n) is 9.98. The standard InChI is InChI=1S/C25H29NO2S/c1-20-13-15-24(16-14-20)29(28)19-25(27)21(2)26(17-22-9-5-3-6-10-22)18-23-11-7-4-8-12-23/h3-16,21,25,27H,17-19H2,1-2H3/t21-,25-,29?/m0/s1. The molecule has 1 unspecified atom stereocenters. The molecule has 1 N–H and O–H groups in total. The SMILES string of the molecule is Cc1ccc(S(=O)C[C@H](O)[C@H](C)N(Cc2ccccc2)Cc2ccccc2)cc1. The molecule has 0 aliphatic carbocycles. The molecular formula is C25H29NO2S. The zero-order chi connectivity index (χ0) is 20.6. The van der Waals surface area contributed by atoms with Crippen molar-refractivity contribution >= 4 is 10.8 Å². The molecule has 0 radical (unpaired) electrons. The van der Waals surface area contributed by atoms with E-state index in [-0.39, 0.29) is 11.8 Å². The molecule has 3 aromatic carbocycles. The molecule has 0 aromatic heterocycles. The van der Waals surface area contributed by atoms with Gasteiger partial charge in [0, 0.05) is 24.0 Å². The number of aliphatic hydroxyl groups is 1. The molecule has 0 spiro atoms. The average Bonchev–Trinajstić information content (AvgIpc) is 2.74. The average molecular weight is 408 g/mol. The maximum absolute atomic E-state index is 12.7. The normalized spacial score (nSPS) is 14.5. The fourth-order valence-corrected chi connectivity index (χ4v) is 4.52. The topological polar surface area (TPSA) is 40.5 Å². The summed E-state index contributed by atoms with van der Waals surface area (Å²) in [5, 5.41) is 10.9. The molecule has 3 nitrogen and oxygen atoms in total. The minimum absolute atomic E-state index is 0.134. The maximum atomic E-state index is 12.7. The molecule has 3 rings (SSSR count). The molecular weight excluding hydrogens is 378 g/mol. The van der Waals surface area contributed by atoms with Gasteiger partial charge >= 0.3 is 0 Å². The zero-order valence-electron chi connectivity index (χ0n) is 17.1. The Balaban J connectivity index is 1.72. The van der Waals surface area contributed by atoms with Crippen LogP contribution in [0.15, 0.2) is 89.8 Å². The van der Waals surface area contributed by atoms with E-state index in [1.54, 1.807) is 0 Å². The summed E-state index contributed by atoms with van der Waals surface area (Å²) in [4.78, 5) is 3.02. The second-order valence-electron chi connectivity index (χ2n) is 7.51. The monoisotopic (exact) mass is 407 g/mol. The van der Waals surface area contributed by atoms with Gasteiger partial charge in [0.25, 0.3) is 0 Å². The second kappa shape index (κ2) is 10.5. The fourth-order valence-electron chi connectivity index (χ4n) is 3.30. The highest BCUT2D eigenvalue weighted by Gasteiger charge is 2.24. The predicted molar refractivity (Wildman–Crippen MR) is 120 cm³/mol. The van der Waals surface area contributed by atoms with Crippen molar-refractivity contribution in [3.8, 4) is 0 Å². The van der Waals surface area contributed by atoms with Crippen molar-refractivity contribution in [3.05, 3.63) is 102 Å². The van der Waals surface area contributed by atoms with Crippen LogP contribution in [-0.2, 0) is 23.9 Å². The van der Waals surface area contributed by atoms with Gasteiger partial charge in [-0.2, -0.15) is 0 Å². The van der Waals surface area contributed by atoms with Crippen molar-refractivity contribution in [2.75, 3.05) is 5.75 Å². The Labute approximate surface area is 176 Å². The third-order valence-corrected chi connectivity index (χ3v) is 6.64. The van der Waals surface area contributed by atoms with Crippen LogP contribution in [0.25, 0.3) is 0 Å². The van der Waals surface area contributed by atoms with Gasteiger partial charge in [0.15, 0.2) is 0 Å². The van der Waals surface area contributed by atoms with Crippen molar-refractivity contribution < 1.29 is 9.32 Å². The molecule has 0 amide bonds. The summed E-state index contributed by atoms with van der Waals surface area (Å²) >= 11 is 0. The van der Waals surface area contributed by atoms with Gasteiger partial charge in [-0.1, -0.05) is 78.4 Å². The first-order valence-corrected chi connectivity index (χ1v) is 11.3. The van der Waals surface area contributed by atoms with Crippen LogP contribution in [0.4, 0.5) is 0 Å². The van der Waals surface area contributed by atoms with E-state index in [1.165, 1.54) is 11.1 Å². The molecule has 4 heteroatoms. The van der Waals surface area contributed by atoms with Gasteiger partial charge in [-0.15, -0.1) is 0 Å². The minimum Gasteiger partial charge on any atom is -0.391 e. The zero-order valence-corrected chi connectivity index (χ0v) is 17.9. The molecule has 0 fully saturated rings. The van der Waals surface area contributed by atoms with Gasteiger partial charge in [-0.3, -0.25) is 9.11 Å². The summed E-state index contributed by atoms with van der Waals surface area (Å²) in [5.41, 5.74) is 3.53. The van der Waals surface area contributed by atoms with Crippen LogP contribution in [-0.4, -0.2) is 32.1 Å². The molecule has 0 saturated heterocycles. The lowest BCUT2D eigenvalue weighted by Crippen LogP contribution is -2.43. The first-order chi connectivity index (χ1) is 14.0. The van der Waals surface area contributed by atoms with Crippen molar-refractivity contribution in [1.29, 1.82) is 0 Å². The van der Waals surface area contributed by atoms with Gasteiger partial charge in [0.1, 0.15) is 0 Å². The van der Waals surface area contributed by atoms with Crippen LogP contribution in [0.3, 0.4) is 0 Å². The molecule has 0 bridgehead atoms. The van der Waals surface area contributed by atoms with E-state index in [4.69, 9.17) is 0 Å². The fraction of sp³-hybridized carbons (Fsp3) is 0.280. The number of nitrogens with zero attached hydrogens (tertiary/aromatic N) is 1. The first kappa shape index (κ1) is 21.4. The summed E-state index contributed by atoms with van der Waals surface area (Å²) in [6.45, 7) is 5.48. The Morgan fingerprint density at radius 2 is 1.31 bits per heavy atom. The van der Waals surface area contributed by atoms with Crippen LogP contribution < -0.4 is 0 Å². The Morgan fingerprint density at radius 3 is 1.79 bits per heavy atom. The van der Waals surface area contributed by atoms with E-state index in [9.17, 15) is 9.32 Å². The van der Waals surface area contributed by atoms with Gasteiger partial charge in [-0.05, 0) is 37.1 Å². The molecule has 0 heterocycles. The van der Waals surface area contributed by atoms with Gasteiger partial charge < -0.3 is 5.11 Å². The van der Waals surface area contributed by atoms with Gasteiger partial charge in [-0.25, -0.2) is 0 Å². The third kappa shape index (κ3) is 6.36. The van der Waals surface area contributed by atoms with Gasteiger partial charge in [0.2, 0.25) is 0 Å². The number of hydrogen-bond donors (Lipinski definition) is 1. The minimum atomic E-state index is -1.23. The summed E-state index contributed by atoms with van der Waals surface area (Å²) < 4.78 is 12.7. The summed E-state index contributed by atoms with van der Waals surface area (Å²) in [6.07, 6.45) is -0.690. The lowest BCUT2D eigenvalue weighted by molar-refractivity contribution is 0.0633. The summed E-state index contributed by atoms with van der Waals surface area (Å²) in [7, 11) is -1.23. The Morgan fingerprint density at radius 1 is 0.828 bits per heavy atom. The van der Waals surface area contributed by atoms with E-state index in [0.29, 0.717) is 0 Å². The molecule has 29 heavy (non-hydrogen) atoms. The lowest BCUT2D eigenvalue weighted by Gasteiger charge is -2.32. The van der Waals surface area contributed by atoms with E-state index in [0.717, 1.165) is 23.5 Å². The highest BCUT2D eigenvalue weighted by molar-refractivity contribution is 7.85. The molecule has 3 atom stereocenters.